The predicted octanol–water partition coefficient (Wildman–Crippen LogP) is 3.77. The summed E-state index contributed by atoms with van der Waals surface area (Å²) >= 11 is 0. The number of carbonyl (C=O) groups is 1. The first-order chi connectivity index (χ1) is 8.43. The van der Waals surface area contributed by atoms with Crippen LogP contribution in [0.15, 0.2) is 0 Å². The molecule has 0 aromatic carbocycles. The summed E-state index contributed by atoms with van der Waals surface area (Å²) in [5, 5.41) is 3.48. The van der Waals surface area contributed by atoms with Crippen molar-refractivity contribution < 1.29 is 9.53 Å². The average molecular weight is 271 g/mol. The van der Waals surface area contributed by atoms with Gasteiger partial charge in [0.15, 0.2) is 0 Å². The third-order valence-corrected chi connectivity index (χ3v) is 2.94. The van der Waals surface area contributed by atoms with Crippen molar-refractivity contribution in [1.82, 2.24) is 5.32 Å². The Bertz CT molecular complexity index is 280. The fraction of sp³-hybridized carbons (Fsp3) is 0.938. The highest BCUT2D eigenvalue weighted by Crippen LogP contribution is 2.36. The van der Waals surface area contributed by atoms with Gasteiger partial charge in [-0.15, -0.1) is 0 Å². The number of carbonyl (C=O) groups excluding carboxylic acids is 1. The molecule has 0 heterocycles. The van der Waals surface area contributed by atoms with Crippen molar-refractivity contribution in [3.05, 3.63) is 0 Å². The molecule has 1 N–H and O–H groups in total. The highest BCUT2D eigenvalue weighted by atomic mass is 16.5. The Balaban J connectivity index is 4.37. The Hall–Kier alpha value is -0.570. The van der Waals surface area contributed by atoms with Crippen LogP contribution in [0.3, 0.4) is 0 Å². The first kappa shape index (κ1) is 18.4. The van der Waals surface area contributed by atoms with Gasteiger partial charge in [-0.3, -0.25) is 4.79 Å². The van der Waals surface area contributed by atoms with Gasteiger partial charge in [0.25, 0.3) is 0 Å². The summed E-state index contributed by atoms with van der Waals surface area (Å²) < 4.78 is 5.24. The van der Waals surface area contributed by atoms with Crippen molar-refractivity contribution >= 4 is 5.97 Å². The highest BCUT2D eigenvalue weighted by Gasteiger charge is 2.31. The second-order valence-corrected chi connectivity index (χ2v) is 7.76. The van der Waals surface area contributed by atoms with Gasteiger partial charge < -0.3 is 10.1 Å². The van der Waals surface area contributed by atoms with Crippen LogP contribution in [0.25, 0.3) is 0 Å². The average Bonchev–Trinajstić information content (AvgIpc) is 2.10. The van der Waals surface area contributed by atoms with E-state index in [0.29, 0.717) is 12.5 Å². The number of hydrogen-bond acceptors (Lipinski definition) is 3. The summed E-state index contributed by atoms with van der Waals surface area (Å²) in [6, 6.07) is 0.494. The van der Waals surface area contributed by atoms with Crippen LogP contribution in [0.2, 0.25) is 0 Å². The van der Waals surface area contributed by atoms with Crippen LogP contribution in [-0.4, -0.2) is 24.7 Å². The summed E-state index contributed by atoms with van der Waals surface area (Å²) in [5.41, 5.74) is 0.139. The predicted molar refractivity (Wildman–Crippen MR) is 81.2 cm³/mol. The second kappa shape index (κ2) is 7.28. The van der Waals surface area contributed by atoms with Crippen LogP contribution in [-0.2, 0) is 9.53 Å². The van der Waals surface area contributed by atoms with Crippen molar-refractivity contribution in [2.45, 2.75) is 80.4 Å². The maximum Gasteiger partial charge on any atom is 0.306 e. The van der Waals surface area contributed by atoms with E-state index in [4.69, 9.17) is 4.74 Å². The standard InChI is InChI=1S/C16H33NO2/c1-12(2)17-11-16(7,8)10-15(5,6)9-14(18)19-13(3)4/h12-13,17H,9-11H2,1-8H3. The molecule has 0 aromatic heterocycles. The highest BCUT2D eigenvalue weighted by molar-refractivity contribution is 5.70. The lowest BCUT2D eigenvalue weighted by atomic mass is 9.73. The Labute approximate surface area is 119 Å². The number of rotatable bonds is 8. The molecule has 0 aliphatic rings. The third-order valence-electron chi connectivity index (χ3n) is 2.94. The van der Waals surface area contributed by atoms with Crippen molar-refractivity contribution in [2.75, 3.05) is 6.54 Å². The molecule has 0 rings (SSSR count). The molecule has 3 nitrogen and oxygen atoms in total. The molecule has 0 atom stereocenters. The minimum atomic E-state index is -0.0902. The van der Waals surface area contributed by atoms with Crippen molar-refractivity contribution in [3.63, 3.8) is 0 Å². The zero-order valence-electron chi connectivity index (χ0n) is 14.1. The smallest absolute Gasteiger partial charge is 0.306 e. The van der Waals surface area contributed by atoms with Crippen LogP contribution >= 0.6 is 0 Å². The van der Waals surface area contributed by atoms with Gasteiger partial charge >= 0.3 is 5.97 Å². The molecular formula is C16H33NO2. The van der Waals surface area contributed by atoms with E-state index in [2.05, 4.69) is 46.9 Å². The zero-order chi connectivity index (χ0) is 15.3. The van der Waals surface area contributed by atoms with Crippen LogP contribution < -0.4 is 5.32 Å². The third kappa shape index (κ3) is 9.94. The minimum absolute atomic E-state index is 0.0288. The van der Waals surface area contributed by atoms with E-state index >= 15 is 0 Å². The quantitative estimate of drug-likeness (QED) is 0.683. The second-order valence-electron chi connectivity index (χ2n) is 7.76. The van der Waals surface area contributed by atoms with E-state index in [-0.39, 0.29) is 22.9 Å². The molecular weight excluding hydrogens is 238 g/mol. The normalized spacial score (nSPS) is 13.2. The van der Waals surface area contributed by atoms with Gasteiger partial charge in [0, 0.05) is 12.6 Å². The fourth-order valence-corrected chi connectivity index (χ4v) is 2.60. The Morgan fingerprint density at radius 3 is 2.00 bits per heavy atom. The van der Waals surface area contributed by atoms with Crippen LogP contribution in [0.5, 0.6) is 0 Å². The summed E-state index contributed by atoms with van der Waals surface area (Å²) in [6.07, 6.45) is 1.45. The fourth-order valence-electron chi connectivity index (χ4n) is 2.60. The molecule has 0 saturated carbocycles. The van der Waals surface area contributed by atoms with Crippen LogP contribution in [0.4, 0.5) is 0 Å². The van der Waals surface area contributed by atoms with Crippen LogP contribution in [0.1, 0.15) is 68.2 Å². The van der Waals surface area contributed by atoms with Gasteiger partial charge in [0.05, 0.1) is 12.5 Å². The van der Waals surface area contributed by atoms with Crippen LogP contribution in [0, 0.1) is 10.8 Å². The maximum absolute atomic E-state index is 11.8. The van der Waals surface area contributed by atoms with Gasteiger partial charge in [-0.25, -0.2) is 0 Å². The van der Waals surface area contributed by atoms with Crippen molar-refractivity contribution in [3.8, 4) is 0 Å². The van der Waals surface area contributed by atoms with E-state index in [1.807, 2.05) is 13.8 Å². The topological polar surface area (TPSA) is 38.3 Å². The Morgan fingerprint density at radius 1 is 1.05 bits per heavy atom. The lowest BCUT2D eigenvalue weighted by Crippen LogP contribution is -2.37. The lowest BCUT2D eigenvalue weighted by Gasteiger charge is -2.35. The van der Waals surface area contributed by atoms with E-state index < -0.39 is 0 Å². The summed E-state index contributed by atoms with van der Waals surface area (Å²) in [5.74, 6) is -0.0902. The molecule has 0 saturated heterocycles. The molecule has 0 fully saturated rings. The van der Waals surface area contributed by atoms with E-state index in [1.54, 1.807) is 0 Å². The van der Waals surface area contributed by atoms with Gasteiger partial charge in [-0.2, -0.15) is 0 Å². The first-order valence-corrected chi connectivity index (χ1v) is 7.36. The lowest BCUT2D eigenvalue weighted by molar-refractivity contribution is -0.150. The first-order valence-electron chi connectivity index (χ1n) is 7.36. The summed E-state index contributed by atoms with van der Waals surface area (Å²) in [7, 11) is 0. The number of hydrogen-bond donors (Lipinski definition) is 1. The molecule has 0 bridgehead atoms. The van der Waals surface area contributed by atoms with E-state index in [0.717, 1.165) is 13.0 Å². The molecule has 0 unspecified atom stereocenters. The molecule has 3 heteroatoms. The van der Waals surface area contributed by atoms with E-state index in [9.17, 15) is 4.79 Å². The largest absolute Gasteiger partial charge is 0.463 e. The minimum Gasteiger partial charge on any atom is -0.463 e. The number of esters is 1. The maximum atomic E-state index is 11.8. The molecule has 0 aromatic rings. The zero-order valence-corrected chi connectivity index (χ0v) is 14.1. The summed E-state index contributed by atoms with van der Waals surface area (Å²) in [4.78, 5) is 11.8. The SMILES string of the molecule is CC(C)NCC(C)(C)CC(C)(C)CC(=O)OC(C)C. The van der Waals surface area contributed by atoms with Crippen molar-refractivity contribution in [2.24, 2.45) is 10.8 Å². The monoisotopic (exact) mass is 271 g/mol. The Kier molecular flexibility index (Phi) is 7.06. The van der Waals surface area contributed by atoms with Crippen molar-refractivity contribution in [1.29, 1.82) is 0 Å². The van der Waals surface area contributed by atoms with E-state index in [1.165, 1.54) is 0 Å². The van der Waals surface area contributed by atoms with Gasteiger partial charge in [0.2, 0.25) is 0 Å². The van der Waals surface area contributed by atoms with Gasteiger partial charge in [0.1, 0.15) is 0 Å². The molecule has 0 spiro atoms. The molecule has 0 aliphatic heterocycles. The molecule has 19 heavy (non-hydrogen) atoms. The Morgan fingerprint density at radius 2 is 1.58 bits per heavy atom. The molecule has 0 amide bonds. The molecule has 0 aliphatic carbocycles. The number of ether oxygens (including phenoxy) is 1. The summed E-state index contributed by atoms with van der Waals surface area (Å²) in [6.45, 7) is 17.8. The van der Waals surface area contributed by atoms with Gasteiger partial charge in [-0.1, -0.05) is 41.5 Å². The number of nitrogens with one attached hydrogen (secondary N) is 1. The van der Waals surface area contributed by atoms with Gasteiger partial charge in [-0.05, 0) is 31.1 Å². The molecule has 114 valence electrons. The molecule has 0 radical (unpaired) electrons.